The summed E-state index contributed by atoms with van der Waals surface area (Å²) in [4.78, 5) is 15.1. The Labute approximate surface area is 134 Å². The van der Waals surface area contributed by atoms with Gasteiger partial charge in [0, 0.05) is 16.5 Å². The molecule has 0 aliphatic rings. The van der Waals surface area contributed by atoms with Crippen LogP contribution in [-0.4, -0.2) is 20.1 Å². The third-order valence-corrected chi connectivity index (χ3v) is 3.96. The van der Waals surface area contributed by atoms with Crippen molar-refractivity contribution in [3.8, 4) is 17.5 Å². The van der Waals surface area contributed by atoms with Crippen molar-refractivity contribution in [3.63, 3.8) is 0 Å². The second-order valence-electron chi connectivity index (χ2n) is 4.48. The number of allylic oxidation sites excluding steroid dienone is 1. The normalized spacial score (nSPS) is 11.2. The molecule has 1 aromatic carbocycles. The van der Waals surface area contributed by atoms with Crippen LogP contribution in [0.5, 0.6) is 0 Å². The lowest BCUT2D eigenvalue weighted by Gasteiger charge is -1.92. The van der Waals surface area contributed by atoms with Crippen LogP contribution in [-0.2, 0) is 0 Å². The van der Waals surface area contributed by atoms with Crippen molar-refractivity contribution >= 4 is 28.0 Å². The van der Waals surface area contributed by atoms with Crippen LogP contribution in [0.2, 0.25) is 0 Å². The number of thiophene rings is 1. The minimum atomic E-state index is -0.462. The van der Waals surface area contributed by atoms with Gasteiger partial charge in [0.25, 0.3) is 0 Å². The van der Waals surface area contributed by atoms with Gasteiger partial charge in [-0.05, 0) is 12.1 Å². The monoisotopic (exact) mass is 323 g/mol. The molecule has 0 bridgehead atoms. The molecule has 2 aromatic heterocycles. The molecule has 0 saturated heterocycles. The van der Waals surface area contributed by atoms with Crippen LogP contribution in [0.3, 0.4) is 0 Å². The quantitative estimate of drug-likeness (QED) is 0.449. The molecular formula is C15H9N5O2S. The van der Waals surface area contributed by atoms with E-state index in [2.05, 4.69) is 15.2 Å². The minimum Gasteiger partial charge on any atom is -0.258 e. The Morgan fingerprint density at radius 2 is 2.09 bits per heavy atom. The summed E-state index contributed by atoms with van der Waals surface area (Å²) in [5.74, 6) is 0.807. The number of aromatic amines is 1. The van der Waals surface area contributed by atoms with Gasteiger partial charge in [0.15, 0.2) is 11.6 Å². The van der Waals surface area contributed by atoms with E-state index in [-0.39, 0.29) is 10.6 Å². The molecule has 0 spiro atoms. The van der Waals surface area contributed by atoms with E-state index in [9.17, 15) is 15.4 Å². The second-order valence-corrected chi connectivity index (χ2v) is 5.57. The van der Waals surface area contributed by atoms with Crippen LogP contribution < -0.4 is 0 Å². The molecule has 112 valence electrons. The van der Waals surface area contributed by atoms with Crippen LogP contribution in [0, 0.1) is 21.4 Å². The molecule has 0 saturated carbocycles. The molecule has 0 aliphatic heterocycles. The first-order valence-electron chi connectivity index (χ1n) is 6.51. The maximum absolute atomic E-state index is 10.7. The first-order chi connectivity index (χ1) is 11.2. The number of nitriles is 1. The van der Waals surface area contributed by atoms with Crippen LogP contribution in [0.25, 0.3) is 23.0 Å². The fourth-order valence-corrected chi connectivity index (χ4v) is 2.68. The molecule has 3 aromatic rings. The fraction of sp³-hybridized carbons (Fsp3) is 0. The first kappa shape index (κ1) is 14.6. The van der Waals surface area contributed by atoms with Crippen molar-refractivity contribution in [1.29, 1.82) is 5.26 Å². The molecule has 0 aliphatic carbocycles. The van der Waals surface area contributed by atoms with Gasteiger partial charge in [0.2, 0.25) is 0 Å². The Kier molecular flexibility index (Phi) is 3.95. The summed E-state index contributed by atoms with van der Waals surface area (Å²) in [5.41, 5.74) is 1.09. The Hall–Kier alpha value is -3.31. The molecule has 23 heavy (non-hydrogen) atoms. The molecule has 0 amide bonds. The van der Waals surface area contributed by atoms with Crippen LogP contribution >= 0.6 is 11.3 Å². The second kappa shape index (κ2) is 6.21. The Bertz CT molecular complexity index is 921. The highest BCUT2D eigenvalue weighted by Gasteiger charge is 2.12. The fourth-order valence-electron chi connectivity index (χ4n) is 1.91. The summed E-state index contributed by atoms with van der Waals surface area (Å²) in [6.45, 7) is 0. The van der Waals surface area contributed by atoms with Crippen molar-refractivity contribution in [2.24, 2.45) is 0 Å². The van der Waals surface area contributed by atoms with Crippen molar-refractivity contribution in [2.45, 2.75) is 0 Å². The van der Waals surface area contributed by atoms with Crippen molar-refractivity contribution in [3.05, 3.63) is 63.3 Å². The minimum absolute atomic E-state index is 0.0242. The standard InChI is InChI=1S/C15H9N5O2S/c16-9-11(8-12-6-7-13(23-12)20(21)22)15-17-14(18-19-15)10-4-2-1-3-5-10/h1-8H,(H,17,18,19)/b11-8+. The maximum atomic E-state index is 10.7. The molecule has 1 N–H and O–H groups in total. The van der Waals surface area contributed by atoms with Gasteiger partial charge >= 0.3 is 5.00 Å². The van der Waals surface area contributed by atoms with Crippen LogP contribution in [0.1, 0.15) is 10.7 Å². The summed E-state index contributed by atoms with van der Waals surface area (Å²) in [5, 5.41) is 26.8. The number of aromatic nitrogens is 3. The first-order valence-corrected chi connectivity index (χ1v) is 7.33. The van der Waals surface area contributed by atoms with E-state index in [0.29, 0.717) is 16.5 Å². The molecule has 2 heterocycles. The summed E-state index contributed by atoms with van der Waals surface area (Å²) >= 11 is 0.994. The predicted octanol–water partition coefficient (Wildman–Crippen LogP) is 3.51. The van der Waals surface area contributed by atoms with Gasteiger partial charge in [-0.3, -0.25) is 15.2 Å². The average molecular weight is 323 g/mol. The molecule has 7 nitrogen and oxygen atoms in total. The average Bonchev–Trinajstić information content (AvgIpc) is 3.23. The molecule has 0 atom stereocenters. The third-order valence-electron chi connectivity index (χ3n) is 2.97. The summed E-state index contributed by atoms with van der Waals surface area (Å²) in [6.07, 6.45) is 1.55. The van der Waals surface area contributed by atoms with Crippen molar-refractivity contribution in [2.75, 3.05) is 0 Å². The van der Waals surface area contributed by atoms with E-state index in [0.717, 1.165) is 16.9 Å². The van der Waals surface area contributed by atoms with E-state index in [1.165, 1.54) is 6.07 Å². The highest BCUT2D eigenvalue weighted by atomic mass is 32.1. The van der Waals surface area contributed by atoms with E-state index >= 15 is 0 Å². The van der Waals surface area contributed by atoms with E-state index < -0.39 is 4.92 Å². The number of H-pyrrole nitrogens is 1. The summed E-state index contributed by atoms with van der Waals surface area (Å²) < 4.78 is 0. The zero-order valence-electron chi connectivity index (χ0n) is 11.6. The highest BCUT2D eigenvalue weighted by molar-refractivity contribution is 7.16. The topological polar surface area (TPSA) is 108 Å². The SMILES string of the molecule is N#C/C(=C\c1ccc([N+](=O)[O-])s1)c1nc(-c2ccccc2)n[nH]1. The lowest BCUT2D eigenvalue weighted by Crippen LogP contribution is -1.85. The Morgan fingerprint density at radius 1 is 1.30 bits per heavy atom. The zero-order valence-corrected chi connectivity index (χ0v) is 12.4. The number of nitro groups is 1. The number of rotatable bonds is 4. The lowest BCUT2D eigenvalue weighted by molar-refractivity contribution is -0.380. The van der Waals surface area contributed by atoms with Gasteiger partial charge < -0.3 is 0 Å². The van der Waals surface area contributed by atoms with E-state index in [4.69, 9.17) is 0 Å². The van der Waals surface area contributed by atoms with Gasteiger partial charge in [-0.1, -0.05) is 41.7 Å². The number of hydrogen-bond donors (Lipinski definition) is 1. The number of benzene rings is 1. The highest BCUT2D eigenvalue weighted by Crippen LogP contribution is 2.27. The molecular weight excluding hydrogens is 314 g/mol. The number of nitrogens with zero attached hydrogens (tertiary/aromatic N) is 4. The van der Waals surface area contributed by atoms with Gasteiger partial charge in [-0.25, -0.2) is 4.98 Å². The Morgan fingerprint density at radius 3 is 2.74 bits per heavy atom. The summed E-state index contributed by atoms with van der Waals surface area (Å²) in [7, 11) is 0. The smallest absolute Gasteiger partial charge is 0.258 e. The van der Waals surface area contributed by atoms with Crippen molar-refractivity contribution in [1.82, 2.24) is 15.2 Å². The van der Waals surface area contributed by atoms with Gasteiger partial charge in [0.1, 0.15) is 6.07 Å². The van der Waals surface area contributed by atoms with Crippen LogP contribution in [0.4, 0.5) is 5.00 Å². The predicted molar refractivity (Wildman–Crippen MR) is 86.3 cm³/mol. The third kappa shape index (κ3) is 3.14. The largest absolute Gasteiger partial charge is 0.324 e. The lowest BCUT2D eigenvalue weighted by atomic mass is 10.2. The molecule has 8 heteroatoms. The van der Waals surface area contributed by atoms with E-state index in [1.807, 2.05) is 36.4 Å². The molecule has 0 radical (unpaired) electrons. The number of hydrogen-bond acceptors (Lipinski definition) is 6. The van der Waals surface area contributed by atoms with E-state index in [1.54, 1.807) is 12.1 Å². The molecule has 3 rings (SSSR count). The number of nitrogens with one attached hydrogen (secondary N) is 1. The van der Waals surface area contributed by atoms with Crippen LogP contribution in [0.15, 0.2) is 42.5 Å². The summed E-state index contributed by atoms with van der Waals surface area (Å²) in [6, 6.07) is 14.4. The van der Waals surface area contributed by atoms with Crippen molar-refractivity contribution < 1.29 is 4.92 Å². The zero-order chi connectivity index (χ0) is 16.2. The van der Waals surface area contributed by atoms with Gasteiger partial charge in [0.05, 0.1) is 10.5 Å². The van der Waals surface area contributed by atoms with Gasteiger partial charge in [-0.2, -0.15) is 10.4 Å². The maximum Gasteiger partial charge on any atom is 0.324 e. The molecule has 0 unspecified atom stereocenters. The Balaban J connectivity index is 1.92. The van der Waals surface area contributed by atoms with Gasteiger partial charge in [-0.15, -0.1) is 0 Å². The molecule has 0 fully saturated rings.